The SMILES string of the molecule is NC(=O)COc1cccc(C(=O)N2CCC[C@H]2c2cccs2)c1. The number of rotatable bonds is 5. The smallest absolute Gasteiger partial charge is 0.255 e. The number of likely N-dealkylation sites (tertiary alicyclic amines) is 1. The van der Waals surface area contributed by atoms with Crippen molar-refractivity contribution in [1.29, 1.82) is 0 Å². The van der Waals surface area contributed by atoms with Crippen molar-refractivity contribution < 1.29 is 14.3 Å². The lowest BCUT2D eigenvalue weighted by molar-refractivity contribution is -0.119. The largest absolute Gasteiger partial charge is 0.484 e. The highest BCUT2D eigenvalue weighted by molar-refractivity contribution is 7.10. The average molecular weight is 330 g/mol. The third kappa shape index (κ3) is 3.53. The van der Waals surface area contributed by atoms with Crippen LogP contribution in [-0.4, -0.2) is 29.9 Å². The van der Waals surface area contributed by atoms with Crippen LogP contribution in [0.2, 0.25) is 0 Å². The number of carbonyl (C=O) groups is 2. The van der Waals surface area contributed by atoms with Crippen molar-refractivity contribution in [3.63, 3.8) is 0 Å². The van der Waals surface area contributed by atoms with Gasteiger partial charge in [0.25, 0.3) is 11.8 Å². The summed E-state index contributed by atoms with van der Waals surface area (Å²) in [5.41, 5.74) is 5.64. The quantitative estimate of drug-likeness (QED) is 0.916. The van der Waals surface area contributed by atoms with Crippen LogP contribution in [0, 0.1) is 0 Å². The van der Waals surface area contributed by atoms with Gasteiger partial charge in [-0.3, -0.25) is 9.59 Å². The second kappa shape index (κ2) is 6.83. The van der Waals surface area contributed by atoms with Crippen molar-refractivity contribution in [2.45, 2.75) is 18.9 Å². The molecular formula is C17H18N2O3S. The zero-order valence-corrected chi connectivity index (χ0v) is 13.4. The van der Waals surface area contributed by atoms with E-state index in [1.165, 1.54) is 4.88 Å². The minimum absolute atomic E-state index is 0.00887. The van der Waals surface area contributed by atoms with Gasteiger partial charge in [0.2, 0.25) is 0 Å². The Labute approximate surface area is 138 Å². The van der Waals surface area contributed by atoms with E-state index < -0.39 is 5.91 Å². The van der Waals surface area contributed by atoms with Gasteiger partial charge in [-0.25, -0.2) is 0 Å². The molecule has 2 aromatic rings. The number of nitrogens with zero attached hydrogens (tertiary/aromatic N) is 1. The number of benzene rings is 1. The van der Waals surface area contributed by atoms with Gasteiger partial charge >= 0.3 is 0 Å². The minimum Gasteiger partial charge on any atom is -0.484 e. The van der Waals surface area contributed by atoms with Crippen LogP contribution in [0.25, 0.3) is 0 Å². The molecule has 0 radical (unpaired) electrons. The van der Waals surface area contributed by atoms with E-state index in [0.29, 0.717) is 11.3 Å². The van der Waals surface area contributed by atoms with Crippen LogP contribution in [0.5, 0.6) is 5.75 Å². The van der Waals surface area contributed by atoms with Gasteiger partial charge in [0.05, 0.1) is 6.04 Å². The fourth-order valence-corrected chi connectivity index (χ4v) is 3.70. The van der Waals surface area contributed by atoms with E-state index in [-0.39, 0.29) is 18.6 Å². The average Bonchev–Trinajstić information content (AvgIpc) is 3.23. The van der Waals surface area contributed by atoms with Crippen molar-refractivity contribution in [1.82, 2.24) is 4.90 Å². The number of thiophene rings is 1. The highest BCUT2D eigenvalue weighted by Crippen LogP contribution is 2.35. The molecular weight excluding hydrogens is 312 g/mol. The summed E-state index contributed by atoms with van der Waals surface area (Å²) in [5.74, 6) is -0.0778. The lowest BCUT2D eigenvalue weighted by atomic mass is 10.1. The molecule has 120 valence electrons. The molecule has 6 heteroatoms. The molecule has 0 saturated carbocycles. The van der Waals surface area contributed by atoms with Crippen LogP contribution >= 0.6 is 11.3 Å². The first-order valence-electron chi connectivity index (χ1n) is 7.50. The zero-order chi connectivity index (χ0) is 16.2. The minimum atomic E-state index is -0.543. The number of primary amides is 1. The molecule has 1 fully saturated rings. The molecule has 1 aromatic heterocycles. The van der Waals surface area contributed by atoms with Gasteiger partial charge in [-0.1, -0.05) is 12.1 Å². The molecule has 5 nitrogen and oxygen atoms in total. The molecule has 0 bridgehead atoms. The number of carbonyl (C=O) groups excluding carboxylic acids is 2. The van der Waals surface area contributed by atoms with Crippen LogP contribution < -0.4 is 10.5 Å². The van der Waals surface area contributed by atoms with Crippen molar-refractivity contribution in [2.75, 3.05) is 13.2 Å². The Balaban J connectivity index is 1.77. The molecule has 1 saturated heterocycles. The number of nitrogens with two attached hydrogens (primary N) is 1. The van der Waals surface area contributed by atoms with Crippen molar-refractivity contribution in [3.8, 4) is 5.75 Å². The number of ether oxygens (including phenoxy) is 1. The van der Waals surface area contributed by atoms with Crippen LogP contribution in [0.1, 0.15) is 34.1 Å². The molecule has 1 aromatic carbocycles. The van der Waals surface area contributed by atoms with E-state index in [2.05, 4.69) is 6.07 Å². The molecule has 2 N–H and O–H groups in total. The zero-order valence-electron chi connectivity index (χ0n) is 12.6. The molecule has 1 atom stereocenters. The summed E-state index contributed by atoms with van der Waals surface area (Å²) in [6.45, 7) is 0.562. The summed E-state index contributed by atoms with van der Waals surface area (Å²) in [5, 5.41) is 2.04. The molecule has 2 heterocycles. The maximum atomic E-state index is 12.8. The van der Waals surface area contributed by atoms with Crippen LogP contribution in [0.15, 0.2) is 41.8 Å². The lowest BCUT2D eigenvalue weighted by Gasteiger charge is -2.24. The van der Waals surface area contributed by atoms with E-state index in [0.717, 1.165) is 19.4 Å². The molecule has 0 aliphatic carbocycles. The Morgan fingerprint density at radius 2 is 2.17 bits per heavy atom. The maximum absolute atomic E-state index is 12.8. The third-order valence-corrected chi connectivity index (χ3v) is 4.82. The molecule has 3 rings (SSSR count). The molecule has 2 amide bonds. The van der Waals surface area contributed by atoms with Crippen molar-refractivity contribution in [2.24, 2.45) is 5.73 Å². The monoisotopic (exact) mass is 330 g/mol. The summed E-state index contributed by atoms with van der Waals surface area (Å²) < 4.78 is 5.28. The van der Waals surface area contributed by atoms with E-state index in [9.17, 15) is 9.59 Å². The van der Waals surface area contributed by atoms with Crippen molar-refractivity contribution in [3.05, 3.63) is 52.2 Å². The van der Waals surface area contributed by atoms with Gasteiger partial charge in [-0.15, -0.1) is 11.3 Å². The number of amides is 2. The van der Waals surface area contributed by atoms with E-state index >= 15 is 0 Å². The Morgan fingerprint density at radius 1 is 1.30 bits per heavy atom. The highest BCUT2D eigenvalue weighted by atomic mass is 32.1. The predicted molar refractivity (Wildman–Crippen MR) is 88.5 cm³/mol. The van der Waals surface area contributed by atoms with Gasteiger partial charge in [-0.2, -0.15) is 0 Å². The normalized spacial score (nSPS) is 17.2. The van der Waals surface area contributed by atoms with Crippen LogP contribution in [-0.2, 0) is 4.79 Å². The molecule has 0 unspecified atom stereocenters. The summed E-state index contributed by atoms with van der Waals surface area (Å²) in [6, 6.07) is 11.1. The first-order chi connectivity index (χ1) is 11.1. The molecule has 0 spiro atoms. The second-order valence-corrected chi connectivity index (χ2v) is 6.43. The predicted octanol–water partition coefficient (Wildman–Crippen LogP) is 2.59. The molecule has 23 heavy (non-hydrogen) atoms. The van der Waals surface area contributed by atoms with E-state index in [1.54, 1.807) is 35.6 Å². The first kappa shape index (κ1) is 15.6. The Hall–Kier alpha value is -2.34. The first-order valence-corrected chi connectivity index (χ1v) is 8.38. The molecule has 1 aliphatic rings. The second-order valence-electron chi connectivity index (χ2n) is 5.45. The van der Waals surface area contributed by atoms with E-state index in [1.807, 2.05) is 16.3 Å². The van der Waals surface area contributed by atoms with Gasteiger partial charge < -0.3 is 15.4 Å². The number of hydrogen-bond donors (Lipinski definition) is 1. The highest BCUT2D eigenvalue weighted by Gasteiger charge is 2.31. The number of hydrogen-bond acceptors (Lipinski definition) is 4. The lowest BCUT2D eigenvalue weighted by Crippen LogP contribution is -2.30. The summed E-state index contributed by atoms with van der Waals surface area (Å²) in [7, 11) is 0. The standard InChI is InChI=1S/C17H18N2O3S/c18-16(20)11-22-13-5-1-4-12(10-13)17(21)19-8-2-6-14(19)15-7-3-9-23-15/h1,3-5,7,9-10,14H,2,6,8,11H2,(H2,18,20)/t14-/m0/s1. The Bertz CT molecular complexity index is 700. The Morgan fingerprint density at radius 3 is 2.91 bits per heavy atom. The summed E-state index contributed by atoms with van der Waals surface area (Å²) in [4.78, 5) is 26.8. The van der Waals surface area contributed by atoms with E-state index in [4.69, 9.17) is 10.5 Å². The molecule has 1 aliphatic heterocycles. The van der Waals surface area contributed by atoms with Gasteiger partial charge in [-0.05, 0) is 42.5 Å². The topological polar surface area (TPSA) is 72.6 Å². The summed E-state index contributed by atoms with van der Waals surface area (Å²) >= 11 is 1.68. The van der Waals surface area contributed by atoms with Crippen LogP contribution in [0.3, 0.4) is 0 Å². The Kier molecular flexibility index (Phi) is 4.62. The third-order valence-electron chi connectivity index (χ3n) is 3.85. The van der Waals surface area contributed by atoms with Gasteiger partial charge in [0.1, 0.15) is 5.75 Å². The maximum Gasteiger partial charge on any atom is 0.255 e. The van der Waals surface area contributed by atoms with Crippen LogP contribution in [0.4, 0.5) is 0 Å². The van der Waals surface area contributed by atoms with Gasteiger partial charge in [0, 0.05) is 17.0 Å². The van der Waals surface area contributed by atoms with Crippen molar-refractivity contribution >= 4 is 23.2 Å². The summed E-state index contributed by atoms with van der Waals surface area (Å²) in [6.07, 6.45) is 2.00. The van der Waals surface area contributed by atoms with Gasteiger partial charge in [0.15, 0.2) is 6.61 Å². The fourth-order valence-electron chi connectivity index (χ4n) is 2.83. The fraction of sp³-hybridized carbons (Fsp3) is 0.294.